The Morgan fingerprint density at radius 1 is 1.31 bits per heavy atom. The smallest absolute Gasteiger partial charge is 0.251 e. The van der Waals surface area contributed by atoms with E-state index in [1.165, 1.54) is 0 Å². The van der Waals surface area contributed by atoms with Crippen LogP contribution < -0.4 is 5.32 Å². The molecule has 0 aliphatic carbocycles. The van der Waals surface area contributed by atoms with Gasteiger partial charge in [0.25, 0.3) is 5.91 Å². The zero-order valence-electron chi connectivity index (χ0n) is 14.3. The Balaban J connectivity index is 1.70. The van der Waals surface area contributed by atoms with Crippen molar-refractivity contribution in [1.29, 1.82) is 0 Å². The second-order valence-electron chi connectivity index (χ2n) is 5.86. The summed E-state index contributed by atoms with van der Waals surface area (Å²) in [5.41, 5.74) is 2.51. The number of aliphatic hydroxyl groups excluding tert-OH is 1. The monoisotopic (exact) mass is 355 g/mol. The standard InChI is InChI=1S/C18H18FN5O2/c1-11-7-12(17-20-8-13(19)9-21-17)3-4-14(11)18(26)22-10-16(25)15-5-6-23-24(15)2/h3-9,16,25H,10H2,1-2H3,(H,22,26). The van der Waals surface area contributed by atoms with Gasteiger partial charge in [-0.2, -0.15) is 5.10 Å². The number of nitrogens with zero attached hydrogens (tertiary/aromatic N) is 4. The van der Waals surface area contributed by atoms with Crippen LogP contribution in [0.4, 0.5) is 4.39 Å². The molecule has 0 saturated carbocycles. The highest BCUT2D eigenvalue weighted by molar-refractivity contribution is 5.96. The summed E-state index contributed by atoms with van der Waals surface area (Å²) < 4.78 is 14.5. The summed E-state index contributed by atoms with van der Waals surface area (Å²) in [5, 5.41) is 16.8. The molecule has 1 atom stereocenters. The lowest BCUT2D eigenvalue weighted by molar-refractivity contribution is 0.0911. The number of hydrogen-bond acceptors (Lipinski definition) is 5. The molecule has 0 aliphatic heterocycles. The van der Waals surface area contributed by atoms with E-state index in [0.29, 0.717) is 22.6 Å². The Kier molecular flexibility index (Phi) is 5.04. The maximum atomic E-state index is 12.9. The number of benzene rings is 1. The van der Waals surface area contributed by atoms with E-state index in [4.69, 9.17) is 0 Å². The van der Waals surface area contributed by atoms with Crippen molar-refractivity contribution in [1.82, 2.24) is 25.1 Å². The van der Waals surface area contributed by atoms with Crippen LogP contribution in [0.25, 0.3) is 11.4 Å². The lowest BCUT2D eigenvalue weighted by Gasteiger charge is -2.13. The predicted octanol–water partition coefficient (Wildman–Crippen LogP) is 1.79. The van der Waals surface area contributed by atoms with Crippen LogP contribution in [0, 0.1) is 12.7 Å². The van der Waals surface area contributed by atoms with Gasteiger partial charge in [-0.05, 0) is 30.7 Å². The Labute approximate surface area is 149 Å². The predicted molar refractivity (Wildman–Crippen MR) is 92.7 cm³/mol. The van der Waals surface area contributed by atoms with Gasteiger partial charge in [0, 0.05) is 30.9 Å². The summed E-state index contributed by atoms with van der Waals surface area (Å²) in [6.07, 6.45) is 2.93. The highest BCUT2D eigenvalue weighted by Crippen LogP contribution is 2.19. The molecule has 2 N–H and O–H groups in total. The van der Waals surface area contributed by atoms with Crippen LogP contribution in [0.3, 0.4) is 0 Å². The van der Waals surface area contributed by atoms with E-state index in [0.717, 1.165) is 18.0 Å². The third kappa shape index (κ3) is 3.75. The summed E-state index contributed by atoms with van der Waals surface area (Å²) in [4.78, 5) is 20.3. The topological polar surface area (TPSA) is 92.9 Å². The van der Waals surface area contributed by atoms with Crippen molar-refractivity contribution in [3.05, 3.63) is 65.5 Å². The van der Waals surface area contributed by atoms with Gasteiger partial charge < -0.3 is 10.4 Å². The first-order valence-corrected chi connectivity index (χ1v) is 7.98. The zero-order valence-corrected chi connectivity index (χ0v) is 14.3. The fourth-order valence-corrected chi connectivity index (χ4v) is 2.62. The first kappa shape index (κ1) is 17.7. The van der Waals surface area contributed by atoms with E-state index in [1.807, 2.05) is 0 Å². The fourth-order valence-electron chi connectivity index (χ4n) is 2.62. The second kappa shape index (κ2) is 7.40. The number of amides is 1. The molecule has 7 nitrogen and oxygen atoms in total. The van der Waals surface area contributed by atoms with E-state index in [1.54, 1.807) is 49.1 Å². The number of carbonyl (C=O) groups excluding carboxylic acids is 1. The molecule has 0 fully saturated rings. The molecule has 0 radical (unpaired) electrons. The number of halogens is 1. The molecule has 2 heterocycles. The van der Waals surface area contributed by atoms with Crippen molar-refractivity contribution in [2.45, 2.75) is 13.0 Å². The quantitative estimate of drug-likeness (QED) is 0.728. The summed E-state index contributed by atoms with van der Waals surface area (Å²) in [6, 6.07) is 6.81. The molecule has 1 amide bonds. The van der Waals surface area contributed by atoms with E-state index in [-0.39, 0.29) is 12.5 Å². The molecular weight excluding hydrogens is 337 g/mol. The van der Waals surface area contributed by atoms with E-state index < -0.39 is 11.9 Å². The van der Waals surface area contributed by atoms with Crippen molar-refractivity contribution in [3.63, 3.8) is 0 Å². The third-order valence-electron chi connectivity index (χ3n) is 4.01. The lowest BCUT2D eigenvalue weighted by atomic mass is 10.0. The fraction of sp³-hybridized carbons (Fsp3) is 0.222. The van der Waals surface area contributed by atoms with Crippen LogP contribution in [-0.4, -0.2) is 37.3 Å². The first-order chi connectivity index (χ1) is 12.5. The lowest BCUT2D eigenvalue weighted by Crippen LogP contribution is -2.29. The Morgan fingerprint density at radius 3 is 2.65 bits per heavy atom. The Morgan fingerprint density at radius 2 is 2.04 bits per heavy atom. The first-order valence-electron chi connectivity index (χ1n) is 7.98. The van der Waals surface area contributed by atoms with Crippen LogP contribution in [0.5, 0.6) is 0 Å². The second-order valence-corrected chi connectivity index (χ2v) is 5.86. The van der Waals surface area contributed by atoms with Crippen LogP contribution in [0.15, 0.2) is 42.9 Å². The number of aryl methyl sites for hydroxylation is 2. The van der Waals surface area contributed by atoms with E-state index in [9.17, 15) is 14.3 Å². The molecule has 3 rings (SSSR count). The number of aromatic nitrogens is 4. The normalized spacial score (nSPS) is 12.0. The maximum absolute atomic E-state index is 12.9. The van der Waals surface area contributed by atoms with Crippen molar-refractivity contribution >= 4 is 5.91 Å². The van der Waals surface area contributed by atoms with Gasteiger partial charge in [0.05, 0.1) is 18.1 Å². The minimum Gasteiger partial charge on any atom is -0.385 e. The highest BCUT2D eigenvalue weighted by atomic mass is 19.1. The molecule has 134 valence electrons. The van der Waals surface area contributed by atoms with Gasteiger partial charge in [-0.1, -0.05) is 6.07 Å². The average molecular weight is 355 g/mol. The molecule has 26 heavy (non-hydrogen) atoms. The van der Waals surface area contributed by atoms with Crippen LogP contribution >= 0.6 is 0 Å². The van der Waals surface area contributed by atoms with Gasteiger partial charge in [-0.15, -0.1) is 0 Å². The summed E-state index contributed by atoms with van der Waals surface area (Å²) in [5.74, 6) is -0.420. The Hall–Kier alpha value is -3.13. The SMILES string of the molecule is Cc1cc(-c2ncc(F)cn2)ccc1C(=O)NCC(O)c1ccnn1C. The summed E-state index contributed by atoms with van der Waals surface area (Å²) >= 11 is 0. The number of hydrogen-bond donors (Lipinski definition) is 2. The molecular formula is C18H18FN5O2. The van der Waals surface area contributed by atoms with Gasteiger partial charge >= 0.3 is 0 Å². The maximum Gasteiger partial charge on any atom is 0.251 e. The molecule has 0 spiro atoms. The minimum absolute atomic E-state index is 0.0701. The zero-order chi connectivity index (χ0) is 18.7. The highest BCUT2D eigenvalue weighted by Gasteiger charge is 2.15. The third-order valence-corrected chi connectivity index (χ3v) is 4.01. The summed E-state index contributed by atoms with van der Waals surface area (Å²) in [7, 11) is 1.72. The summed E-state index contributed by atoms with van der Waals surface area (Å²) in [6.45, 7) is 1.86. The van der Waals surface area contributed by atoms with Gasteiger partial charge in [0.1, 0.15) is 6.10 Å². The van der Waals surface area contributed by atoms with Gasteiger partial charge in [0.2, 0.25) is 0 Å². The van der Waals surface area contributed by atoms with Crippen molar-refractivity contribution in [3.8, 4) is 11.4 Å². The molecule has 0 aliphatic rings. The molecule has 2 aromatic heterocycles. The van der Waals surface area contributed by atoms with Crippen molar-refractivity contribution in [2.75, 3.05) is 6.54 Å². The molecule has 3 aromatic rings. The van der Waals surface area contributed by atoms with Gasteiger partial charge in [-0.3, -0.25) is 9.48 Å². The number of carbonyl (C=O) groups is 1. The van der Waals surface area contributed by atoms with Gasteiger partial charge in [-0.25, -0.2) is 14.4 Å². The van der Waals surface area contributed by atoms with Crippen LogP contribution in [0.2, 0.25) is 0 Å². The van der Waals surface area contributed by atoms with Crippen LogP contribution in [0.1, 0.15) is 27.7 Å². The van der Waals surface area contributed by atoms with Crippen molar-refractivity contribution < 1.29 is 14.3 Å². The molecule has 1 unspecified atom stereocenters. The average Bonchev–Trinajstić information content (AvgIpc) is 3.06. The molecule has 1 aromatic carbocycles. The molecule has 0 saturated heterocycles. The number of rotatable bonds is 5. The molecule has 0 bridgehead atoms. The van der Waals surface area contributed by atoms with Crippen LogP contribution in [-0.2, 0) is 7.05 Å². The number of nitrogens with one attached hydrogen (secondary N) is 1. The Bertz CT molecular complexity index is 924. The van der Waals surface area contributed by atoms with E-state index >= 15 is 0 Å². The largest absolute Gasteiger partial charge is 0.385 e. The van der Waals surface area contributed by atoms with Crippen molar-refractivity contribution in [2.24, 2.45) is 7.05 Å². The van der Waals surface area contributed by atoms with Gasteiger partial charge in [0.15, 0.2) is 11.6 Å². The van der Waals surface area contributed by atoms with E-state index in [2.05, 4.69) is 20.4 Å². The minimum atomic E-state index is -0.848. The number of aliphatic hydroxyl groups is 1. The molecule has 8 heteroatoms.